The highest BCUT2D eigenvalue weighted by Gasteiger charge is 2.47. The van der Waals surface area contributed by atoms with Crippen molar-refractivity contribution in [2.75, 3.05) is 6.61 Å². The van der Waals surface area contributed by atoms with E-state index in [2.05, 4.69) is 18.1 Å². The number of phosphoric acid groups is 3. The number of rotatable bonds is 8. The van der Waals surface area contributed by atoms with Crippen LogP contribution < -0.4 is 11.2 Å². The van der Waals surface area contributed by atoms with Gasteiger partial charge in [-0.2, -0.15) is 8.62 Å². The molecule has 1 fully saturated rings. The third-order valence-corrected chi connectivity index (χ3v) is 7.50. The van der Waals surface area contributed by atoms with Crippen molar-refractivity contribution in [2.24, 2.45) is 7.05 Å². The minimum atomic E-state index is -5.73. The normalized spacial score (nSPS) is 28.8. The Bertz CT molecular complexity index is 1040. The molecule has 17 nitrogen and oxygen atoms in total. The zero-order valence-electron chi connectivity index (χ0n) is 14.7. The summed E-state index contributed by atoms with van der Waals surface area (Å²) in [5.74, 6) is 0. The minimum Gasteiger partial charge on any atom is -0.387 e. The van der Waals surface area contributed by atoms with Gasteiger partial charge in [-0.25, -0.2) is 18.5 Å². The van der Waals surface area contributed by atoms with Gasteiger partial charge >= 0.3 is 29.2 Å². The Morgan fingerprint density at radius 2 is 1.67 bits per heavy atom. The van der Waals surface area contributed by atoms with Crippen LogP contribution in [0.3, 0.4) is 0 Å². The van der Waals surface area contributed by atoms with Gasteiger partial charge in [0.1, 0.15) is 24.4 Å². The summed E-state index contributed by atoms with van der Waals surface area (Å²) in [5, 5.41) is 20.1. The number of phosphoric ester groups is 1. The van der Waals surface area contributed by atoms with Crippen LogP contribution in [0.5, 0.6) is 0 Å². The van der Waals surface area contributed by atoms with E-state index in [4.69, 9.17) is 19.4 Å². The highest BCUT2D eigenvalue weighted by Crippen LogP contribution is 2.66. The first-order valence-electron chi connectivity index (χ1n) is 7.61. The molecule has 0 aliphatic carbocycles. The molecule has 6 unspecified atom stereocenters. The molecule has 1 aromatic heterocycles. The largest absolute Gasteiger partial charge is 0.490 e. The molecule has 6 atom stereocenters. The zero-order valence-corrected chi connectivity index (χ0v) is 17.4. The average Bonchev–Trinajstić information content (AvgIpc) is 2.83. The Hall–Kier alpha value is -1.03. The molecule has 1 aromatic rings. The fourth-order valence-electron chi connectivity index (χ4n) is 2.40. The maximum Gasteiger partial charge on any atom is 0.490 e. The highest BCUT2D eigenvalue weighted by molar-refractivity contribution is 7.66. The van der Waals surface area contributed by atoms with Crippen molar-refractivity contribution in [1.82, 2.24) is 9.55 Å². The molecule has 30 heavy (non-hydrogen) atoms. The first-order valence-corrected chi connectivity index (χ1v) is 12.1. The quantitative estimate of drug-likeness (QED) is 0.184. The van der Waals surface area contributed by atoms with Crippen molar-refractivity contribution in [3.8, 4) is 0 Å². The number of hydrogen-bond donors (Lipinski definition) is 7. The Balaban J connectivity index is 2.09. The summed E-state index contributed by atoms with van der Waals surface area (Å²) in [6.07, 6.45) is -5.62. The minimum absolute atomic E-state index is 0.260. The molecule has 172 valence electrons. The second kappa shape index (κ2) is 8.84. The van der Waals surface area contributed by atoms with E-state index in [0.29, 0.717) is 4.57 Å². The second-order valence-corrected chi connectivity index (χ2v) is 10.3. The van der Waals surface area contributed by atoms with Crippen LogP contribution in [0.1, 0.15) is 11.7 Å². The summed E-state index contributed by atoms with van der Waals surface area (Å²) in [5.41, 5.74) is -1.88. The molecule has 0 amide bonds. The van der Waals surface area contributed by atoms with Gasteiger partial charge in [-0.15, -0.1) is 0 Å². The Kier molecular flexibility index (Phi) is 7.44. The van der Waals surface area contributed by atoms with Crippen molar-refractivity contribution >= 4 is 23.5 Å². The number of H-pyrrole nitrogens is 1. The van der Waals surface area contributed by atoms with E-state index in [-0.39, 0.29) is 5.56 Å². The number of ether oxygens (including phenoxy) is 1. The van der Waals surface area contributed by atoms with Gasteiger partial charge < -0.3 is 39.5 Å². The monoisotopic (exact) mass is 498 g/mol. The molecule has 0 bridgehead atoms. The number of nitrogens with zero attached hydrogens (tertiary/aromatic N) is 1. The summed E-state index contributed by atoms with van der Waals surface area (Å²) in [4.78, 5) is 61.1. The van der Waals surface area contributed by atoms with Crippen LogP contribution in [0.15, 0.2) is 15.8 Å². The highest BCUT2D eigenvalue weighted by atomic mass is 31.3. The molecule has 20 heteroatoms. The summed E-state index contributed by atoms with van der Waals surface area (Å²) >= 11 is 0. The van der Waals surface area contributed by atoms with Crippen LogP contribution in [0.4, 0.5) is 0 Å². The summed E-state index contributed by atoms with van der Waals surface area (Å²) < 4.78 is 50.8. The number of aromatic nitrogens is 2. The summed E-state index contributed by atoms with van der Waals surface area (Å²) in [7, 11) is -15.6. The lowest BCUT2D eigenvalue weighted by Crippen LogP contribution is -2.37. The van der Waals surface area contributed by atoms with E-state index in [9.17, 15) is 38.4 Å². The van der Waals surface area contributed by atoms with Gasteiger partial charge in [-0.1, -0.05) is 0 Å². The van der Waals surface area contributed by atoms with Gasteiger partial charge in [0.25, 0.3) is 5.56 Å². The molecule has 1 saturated heterocycles. The topological polar surface area (TPSA) is 264 Å². The van der Waals surface area contributed by atoms with Crippen molar-refractivity contribution in [1.29, 1.82) is 0 Å². The fourth-order valence-corrected chi connectivity index (χ4v) is 5.43. The number of nitrogens with one attached hydrogen (secondary N) is 1. The molecule has 0 radical (unpaired) electrons. The Labute approximate surface area is 165 Å². The second-order valence-electron chi connectivity index (χ2n) is 5.88. The van der Waals surface area contributed by atoms with E-state index in [0.717, 1.165) is 13.2 Å². The van der Waals surface area contributed by atoms with Crippen LogP contribution in [-0.2, 0) is 38.6 Å². The van der Waals surface area contributed by atoms with Crippen LogP contribution in [-0.4, -0.2) is 64.3 Å². The zero-order chi connectivity index (χ0) is 23.1. The van der Waals surface area contributed by atoms with Crippen LogP contribution in [0.2, 0.25) is 0 Å². The number of aromatic amines is 1. The SMILES string of the molecule is Cn1c(=O)[nH]cc(C2OC(COP(=O)(O)OP(=O)(O)OP(=O)(O)O)C(O)C2O)c1=O. The number of aliphatic hydroxyl groups excluding tert-OH is 2. The third-order valence-electron chi connectivity index (χ3n) is 3.69. The predicted molar refractivity (Wildman–Crippen MR) is 91.7 cm³/mol. The number of aliphatic hydroxyl groups is 2. The molecule has 0 spiro atoms. The first-order chi connectivity index (χ1) is 13.5. The smallest absolute Gasteiger partial charge is 0.387 e. The molecular formula is C10H17N2O15P3. The molecule has 2 rings (SSSR count). The fraction of sp³-hybridized carbons (Fsp3) is 0.600. The molecular weight excluding hydrogens is 481 g/mol. The molecule has 0 saturated carbocycles. The lowest BCUT2D eigenvalue weighted by molar-refractivity contribution is -0.0228. The molecule has 1 aliphatic heterocycles. The molecule has 0 aromatic carbocycles. The van der Waals surface area contributed by atoms with Gasteiger partial charge in [0.2, 0.25) is 0 Å². The van der Waals surface area contributed by atoms with Gasteiger partial charge in [0.05, 0.1) is 12.2 Å². The Morgan fingerprint density at radius 1 is 1.07 bits per heavy atom. The lowest BCUT2D eigenvalue weighted by Gasteiger charge is -2.19. The van der Waals surface area contributed by atoms with Gasteiger partial charge in [0, 0.05) is 13.2 Å². The maximum absolute atomic E-state index is 12.1. The van der Waals surface area contributed by atoms with E-state index in [1.54, 1.807) is 0 Å². The van der Waals surface area contributed by atoms with Crippen LogP contribution >= 0.6 is 23.5 Å². The lowest BCUT2D eigenvalue weighted by atomic mass is 10.0. The third kappa shape index (κ3) is 6.24. The average molecular weight is 498 g/mol. The Morgan fingerprint density at radius 3 is 2.23 bits per heavy atom. The van der Waals surface area contributed by atoms with Crippen molar-refractivity contribution in [2.45, 2.75) is 24.4 Å². The van der Waals surface area contributed by atoms with Crippen LogP contribution in [0.25, 0.3) is 0 Å². The van der Waals surface area contributed by atoms with Gasteiger partial charge in [-0.05, 0) is 0 Å². The maximum atomic E-state index is 12.1. The van der Waals surface area contributed by atoms with Gasteiger partial charge in [0.15, 0.2) is 0 Å². The first kappa shape index (κ1) is 25.2. The van der Waals surface area contributed by atoms with Gasteiger partial charge in [-0.3, -0.25) is 13.9 Å². The summed E-state index contributed by atoms with van der Waals surface area (Å²) in [6.45, 7) is -1.04. The van der Waals surface area contributed by atoms with E-state index in [1.165, 1.54) is 0 Å². The standard InChI is InChI=1S/C10H17N2O15P3/c1-12-9(15)4(2-11-10(12)16)8-7(14)6(13)5(25-8)3-24-29(20,21)27-30(22,23)26-28(17,18)19/h2,5-8,13-14H,3H2,1H3,(H,11,16)(H,20,21)(H,22,23)(H2,17,18,19). The van der Waals surface area contributed by atoms with E-state index < -0.39 is 65.7 Å². The van der Waals surface area contributed by atoms with E-state index >= 15 is 0 Å². The van der Waals surface area contributed by atoms with Crippen molar-refractivity contribution < 1.29 is 61.4 Å². The van der Waals surface area contributed by atoms with E-state index in [1.807, 2.05) is 0 Å². The molecule has 2 heterocycles. The summed E-state index contributed by atoms with van der Waals surface area (Å²) in [6, 6.07) is 0. The predicted octanol–water partition coefficient (Wildman–Crippen LogP) is -2.42. The van der Waals surface area contributed by atoms with Crippen molar-refractivity contribution in [3.05, 3.63) is 32.6 Å². The van der Waals surface area contributed by atoms with Crippen LogP contribution in [0, 0.1) is 0 Å². The molecule has 1 aliphatic rings. The number of hydrogen-bond acceptors (Lipinski definition) is 11. The molecule has 7 N–H and O–H groups in total. The van der Waals surface area contributed by atoms with Crippen molar-refractivity contribution in [3.63, 3.8) is 0 Å².